The van der Waals surface area contributed by atoms with Gasteiger partial charge in [-0.05, 0) is 42.3 Å². The second-order valence-corrected chi connectivity index (χ2v) is 4.88. The predicted octanol–water partition coefficient (Wildman–Crippen LogP) is 4.46. The van der Waals surface area contributed by atoms with E-state index in [0.717, 1.165) is 16.8 Å². The van der Waals surface area contributed by atoms with Crippen molar-refractivity contribution < 1.29 is 0 Å². The molecular formula is C20H15N. The molecule has 0 saturated carbocycles. The standard InChI is InChI=1S/C20H15N/c1-16-14-18(12-13-21-16)11-10-17-6-5-9-20(15-17)19-7-3-2-4-8-19/h2-9,12-15H,1H3. The van der Waals surface area contributed by atoms with Crippen molar-refractivity contribution in [1.82, 2.24) is 4.98 Å². The molecule has 0 atom stereocenters. The van der Waals surface area contributed by atoms with Gasteiger partial charge >= 0.3 is 0 Å². The molecule has 0 aliphatic carbocycles. The van der Waals surface area contributed by atoms with E-state index in [1.807, 2.05) is 49.4 Å². The Morgan fingerprint density at radius 3 is 2.19 bits per heavy atom. The van der Waals surface area contributed by atoms with Gasteiger partial charge in [0.25, 0.3) is 0 Å². The molecule has 3 aromatic rings. The Labute approximate surface area is 125 Å². The van der Waals surface area contributed by atoms with Crippen LogP contribution in [0.3, 0.4) is 0 Å². The molecule has 0 aliphatic heterocycles. The number of rotatable bonds is 1. The van der Waals surface area contributed by atoms with Gasteiger partial charge in [-0.2, -0.15) is 0 Å². The normalized spacial score (nSPS) is 9.76. The van der Waals surface area contributed by atoms with Crippen molar-refractivity contribution >= 4 is 0 Å². The van der Waals surface area contributed by atoms with Gasteiger partial charge in [0.1, 0.15) is 0 Å². The van der Waals surface area contributed by atoms with E-state index in [4.69, 9.17) is 0 Å². The highest BCUT2D eigenvalue weighted by atomic mass is 14.6. The van der Waals surface area contributed by atoms with E-state index in [1.54, 1.807) is 6.20 Å². The summed E-state index contributed by atoms with van der Waals surface area (Å²) in [5.74, 6) is 6.41. The second kappa shape index (κ2) is 6.07. The number of nitrogens with zero attached hydrogens (tertiary/aromatic N) is 1. The monoisotopic (exact) mass is 269 g/mol. The van der Waals surface area contributed by atoms with E-state index in [9.17, 15) is 0 Å². The number of pyridine rings is 1. The van der Waals surface area contributed by atoms with Crippen LogP contribution in [0.1, 0.15) is 16.8 Å². The first-order chi connectivity index (χ1) is 10.3. The SMILES string of the molecule is Cc1cc(C#Cc2cccc(-c3ccccc3)c2)ccn1. The summed E-state index contributed by atoms with van der Waals surface area (Å²) in [5, 5.41) is 0. The Hall–Kier alpha value is -2.85. The van der Waals surface area contributed by atoms with E-state index in [2.05, 4.69) is 41.1 Å². The first kappa shape index (κ1) is 13.1. The Morgan fingerprint density at radius 1 is 0.714 bits per heavy atom. The third-order valence-electron chi connectivity index (χ3n) is 3.22. The molecule has 0 spiro atoms. The summed E-state index contributed by atoms with van der Waals surface area (Å²) >= 11 is 0. The predicted molar refractivity (Wildman–Crippen MR) is 86.8 cm³/mol. The molecular weight excluding hydrogens is 254 g/mol. The lowest BCUT2D eigenvalue weighted by molar-refractivity contribution is 1.19. The van der Waals surface area contributed by atoms with Gasteiger partial charge in [0.05, 0.1) is 0 Å². The maximum Gasteiger partial charge on any atom is 0.0385 e. The third-order valence-corrected chi connectivity index (χ3v) is 3.22. The molecule has 21 heavy (non-hydrogen) atoms. The molecule has 2 aromatic carbocycles. The molecule has 1 heteroatoms. The molecule has 1 nitrogen and oxygen atoms in total. The molecule has 0 fully saturated rings. The zero-order chi connectivity index (χ0) is 14.5. The summed E-state index contributed by atoms with van der Waals surface area (Å²) in [5.41, 5.74) is 5.40. The number of aromatic nitrogens is 1. The molecule has 0 radical (unpaired) electrons. The van der Waals surface area contributed by atoms with Crippen LogP contribution < -0.4 is 0 Å². The van der Waals surface area contributed by atoms with E-state index in [1.165, 1.54) is 11.1 Å². The first-order valence-corrected chi connectivity index (χ1v) is 6.91. The minimum atomic E-state index is 0.986. The number of hydrogen-bond acceptors (Lipinski definition) is 1. The van der Waals surface area contributed by atoms with E-state index in [0.29, 0.717) is 0 Å². The van der Waals surface area contributed by atoms with Crippen LogP contribution in [0.25, 0.3) is 11.1 Å². The van der Waals surface area contributed by atoms with E-state index in [-0.39, 0.29) is 0 Å². The Kier molecular flexibility index (Phi) is 3.80. The fraction of sp³-hybridized carbons (Fsp3) is 0.0500. The zero-order valence-corrected chi connectivity index (χ0v) is 11.9. The largest absolute Gasteiger partial charge is 0.262 e. The molecule has 0 bridgehead atoms. The highest BCUT2D eigenvalue weighted by Crippen LogP contribution is 2.19. The van der Waals surface area contributed by atoms with Crippen LogP contribution in [0, 0.1) is 18.8 Å². The maximum absolute atomic E-state index is 4.18. The molecule has 100 valence electrons. The lowest BCUT2D eigenvalue weighted by atomic mass is 10.0. The molecule has 3 rings (SSSR count). The van der Waals surface area contributed by atoms with Crippen molar-refractivity contribution in [3.63, 3.8) is 0 Å². The topological polar surface area (TPSA) is 12.9 Å². The van der Waals surface area contributed by atoms with Crippen LogP contribution in [0.2, 0.25) is 0 Å². The average Bonchev–Trinajstić information content (AvgIpc) is 2.54. The van der Waals surface area contributed by atoms with Crippen LogP contribution in [-0.2, 0) is 0 Å². The molecule has 1 heterocycles. The van der Waals surface area contributed by atoms with Gasteiger partial charge in [0.2, 0.25) is 0 Å². The molecule has 0 unspecified atom stereocenters. The fourth-order valence-electron chi connectivity index (χ4n) is 2.17. The number of hydrogen-bond donors (Lipinski definition) is 0. The summed E-state index contributed by atoms with van der Waals surface area (Å²) in [6.07, 6.45) is 1.79. The van der Waals surface area contributed by atoms with Crippen molar-refractivity contribution in [2.45, 2.75) is 6.92 Å². The Balaban J connectivity index is 1.91. The summed E-state index contributed by atoms with van der Waals surface area (Å²) < 4.78 is 0. The van der Waals surface area contributed by atoms with Gasteiger partial charge < -0.3 is 0 Å². The smallest absolute Gasteiger partial charge is 0.0385 e. The Bertz CT molecular complexity index is 808. The molecule has 0 aliphatic rings. The van der Waals surface area contributed by atoms with Crippen molar-refractivity contribution in [3.05, 3.63) is 89.7 Å². The van der Waals surface area contributed by atoms with Crippen LogP contribution in [0.5, 0.6) is 0 Å². The number of aryl methyl sites for hydroxylation is 1. The van der Waals surface area contributed by atoms with Gasteiger partial charge in [-0.15, -0.1) is 0 Å². The second-order valence-electron chi connectivity index (χ2n) is 4.88. The van der Waals surface area contributed by atoms with E-state index < -0.39 is 0 Å². The van der Waals surface area contributed by atoms with Crippen molar-refractivity contribution in [2.24, 2.45) is 0 Å². The minimum absolute atomic E-state index is 0.986. The highest BCUT2D eigenvalue weighted by Gasteiger charge is 1.97. The van der Waals surface area contributed by atoms with Gasteiger partial charge in [-0.25, -0.2) is 0 Å². The highest BCUT2D eigenvalue weighted by molar-refractivity contribution is 5.65. The van der Waals surface area contributed by atoms with Gasteiger partial charge in [0.15, 0.2) is 0 Å². The summed E-state index contributed by atoms with van der Waals surface area (Å²) in [4.78, 5) is 4.18. The van der Waals surface area contributed by atoms with Crippen molar-refractivity contribution in [1.29, 1.82) is 0 Å². The first-order valence-electron chi connectivity index (χ1n) is 6.91. The Morgan fingerprint density at radius 2 is 1.43 bits per heavy atom. The lowest BCUT2D eigenvalue weighted by Crippen LogP contribution is -1.82. The molecule has 1 aromatic heterocycles. The maximum atomic E-state index is 4.18. The average molecular weight is 269 g/mol. The van der Waals surface area contributed by atoms with E-state index >= 15 is 0 Å². The van der Waals surface area contributed by atoms with Crippen LogP contribution >= 0.6 is 0 Å². The zero-order valence-electron chi connectivity index (χ0n) is 11.9. The van der Waals surface area contributed by atoms with Crippen molar-refractivity contribution in [3.8, 4) is 23.0 Å². The number of benzene rings is 2. The van der Waals surface area contributed by atoms with Crippen LogP contribution in [-0.4, -0.2) is 4.98 Å². The molecule has 0 N–H and O–H groups in total. The van der Waals surface area contributed by atoms with Gasteiger partial charge in [0, 0.05) is 23.0 Å². The molecule has 0 saturated heterocycles. The summed E-state index contributed by atoms with van der Waals surface area (Å²) in [7, 11) is 0. The summed E-state index contributed by atoms with van der Waals surface area (Å²) in [6, 6.07) is 22.6. The molecule has 0 amide bonds. The fourth-order valence-corrected chi connectivity index (χ4v) is 2.17. The quantitative estimate of drug-likeness (QED) is 0.594. The van der Waals surface area contributed by atoms with Gasteiger partial charge in [-0.1, -0.05) is 54.3 Å². The van der Waals surface area contributed by atoms with Gasteiger partial charge in [-0.3, -0.25) is 4.98 Å². The lowest BCUT2D eigenvalue weighted by Gasteiger charge is -2.01. The van der Waals surface area contributed by atoms with Crippen molar-refractivity contribution in [2.75, 3.05) is 0 Å². The third kappa shape index (κ3) is 3.38. The van der Waals surface area contributed by atoms with Crippen LogP contribution in [0.4, 0.5) is 0 Å². The minimum Gasteiger partial charge on any atom is -0.262 e. The summed E-state index contributed by atoms with van der Waals surface area (Å²) in [6.45, 7) is 1.97. The van der Waals surface area contributed by atoms with Crippen LogP contribution in [0.15, 0.2) is 72.9 Å².